The fraction of sp³-hybridized carbons (Fsp3) is 0.462. The molecule has 8 heteroatoms. The normalized spacial score (nSPS) is 14.3. The van der Waals surface area contributed by atoms with Crippen LogP contribution < -0.4 is 16.0 Å². The van der Waals surface area contributed by atoms with Crippen LogP contribution in [0.5, 0.6) is 0 Å². The highest BCUT2D eigenvalue weighted by Gasteiger charge is 2.26. The number of carbonyl (C=O) groups excluding carboxylic acids is 1. The number of nitrogens with one attached hydrogen (secondary N) is 1. The van der Waals surface area contributed by atoms with Crippen molar-refractivity contribution in [3.8, 4) is 0 Å². The molecule has 112 valence electrons. The molecule has 3 N–H and O–H groups in total. The number of rotatable bonds is 3. The summed E-state index contributed by atoms with van der Waals surface area (Å²) in [6.45, 7) is 6.17. The van der Waals surface area contributed by atoms with E-state index in [1.165, 1.54) is 11.5 Å². The average molecular weight is 306 g/mol. The monoisotopic (exact) mass is 306 g/mol. The molecule has 0 saturated carbocycles. The molecule has 3 rings (SSSR count). The maximum absolute atomic E-state index is 12.3. The summed E-state index contributed by atoms with van der Waals surface area (Å²) in [5.41, 5.74) is 6.37. The van der Waals surface area contributed by atoms with E-state index in [1.54, 1.807) is 6.20 Å². The van der Waals surface area contributed by atoms with Gasteiger partial charge >= 0.3 is 0 Å². The van der Waals surface area contributed by atoms with Gasteiger partial charge < -0.3 is 20.5 Å². The molecule has 0 spiro atoms. The molecule has 3 heterocycles. The van der Waals surface area contributed by atoms with Crippen LogP contribution in [0.25, 0.3) is 0 Å². The summed E-state index contributed by atoms with van der Waals surface area (Å²) in [6, 6.07) is 0.0601. The van der Waals surface area contributed by atoms with Crippen molar-refractivity contribution < 1.29 is 4.79 Å². The average Bonchev–Trinajstić information content (AvgIpc) is 3.02. The van der Waals surface area contributed by atoms with Crippen LogP contribution in [0, 0.1) is 0 Å². The van der Waals surface area contributed by atoms with Gasteiger partial charge in [-0.15, -0.1) is 0 Å². The van der Waals surface area contributed by atoms with E-state index in [-0.39, 0.29) is 11.9 Å². The highest BCUT2D eigenvalue weighted by molar-refractivity contribution is 7.11. The highest BCUT2D eigenvalue weighted by atomic mass is 32.1. The smallest absolute Gasteiger partial charge is 0.258 e. The number of aromatic nitrogens is 3. The van der Waals surface area contributed by atoms with Crippen LogP contribution in [0.1, 0.15) is 30.0 Å². The Morgan fingerprint density at radius 2 is 2.29 bits per heavy atom. The molecule has 0 unspecified atom stereocenters. The van der Waals surface area contributed by atoms with E-state index in [2.05, 4.69) is 24.1 Å². The van der Waals surface area contributed by atoms with Gasteiger partial charge in [0.1, 0.15) is 16.4 Å². The zero-order valence-corrected chi connectivity index (χ0v) is 12.9. The van der Waals surface area contributed by atoms with Gasteiger partial charge in [0, 0.05) is 31.5 Å². The van der Waals surface area contributed by atoms with E-state index in [1.807, 2.05) is 20.0 Å². The molecule has 0 radical (unpaired) electrons. The predicted octanol–water partition coefficient (Wildman–Crippen LogP) is 1.08. The van der Waals surface area contributed by atoms with Crippen molar-refractivity contribution in [2.75, 3.05) is 17.2 Å². The number of hydrogen-bond donors (Lipinski definition) is 2. The quantitative estimate of drug-likeness (QED) is 0.886. The Kier molecular flexibility index (Phi) is 3.54. The van der Waals surface area contributed by atoms with E-state index in [9.17, 15) is 4.79 Å². The first-order valence-corrected chi connectivity index (χ1v) is 7.64. The molecule has 7 nitrogen and oxygen atoms in total. The molecule has 0 aliphatic carbocycles. The number of imidazole rings is 1. The number of fused-ring (bicyclic) bond motifs is 1. The SMILES string of the molecule is CC(C)NC(=O)c1c(N)nsc1N1CCn2ccnc2C1. The van der Waals surface area contributed by atoms with E-state index in [4.69, 9.17) is 5.73 Å². The highest BCUT2D eigenvalue weighted by Crippen LogP contribution is 2.32. The van der Waals surface area contributed by atoms with Crippen LogP contribution >= 0.6 is 11.5 Å². The van der Waals surface area contributed by atoms with Gasteiger partial charge in [-0.2, -0.15) is 4.37 Å². The first-order valence-electron chi connectivity index (χ1n) is 6.87. The van der Waals surface area contributed by atoms with Gasteiger partial charge in [-0.05, 0) is 25.4 Å². The first-order chi connectivity index (χ1) is 10.1. The Morgan fingerprint density at radius 3 is 3.05 bits per heavy atom. The standard InChI is InChI=1S/C13H18N6OS/c1-8(2)16-12(20)10-11(14)17-21-13(10)19-6-5-18-4-3-15-9(18)7-19/h3-4,8H,5-7H2,1-2H3,(H2,14,17)(H,16,20). The second-order valence-electron chi connectivity index (χ2n) is 5.33. The molecule has 0 bridgehead atoms. The van der Waals surface area contributed by atoms with Crippen molar-refractivity contribution in [3.05, 3.63) is 23.8 Å². The molecule has 0 aromatic carbocycles. The van der Waals surface area contributed by atoms with Crippen molar-refractivity contribution in [1.29, 1.82) is 0 Å². The lowest BCUT2D eigenvalue weighted by Crippen LogP contribution is -2.36. The van der Waals surface area contributed by atoms with Crippen LogP contribution in [-0.4, -0.2) is 32.4 Å². The molecule has 2 aromatic rings. The summed E-state index contributed by atoms with van der Waals surface area (Å²) in [6.07, 6.45) is 3.77. The van der Waals surface area contributed by atoms with Gasteiger partial charge in [-0.25, -0.2) is 4.98 Å². The second-order valence-corrected chi connectivity index (χ2v) is 6.09. The molecule has 1 amide bonds. The summed E-state index contributed by atoms with van der Waals surface area (Å²) < 4.78 is 6.27. The lowest BCUT2D eigenvalue weighted by Gasteiger charge is -2.28. The molecular weight excluding hydrogens is 288 g/mol. The first kappa shape index (κ1) is 13.9. The van der Waals surface area contributed by atoms with Crippen LogP contribution in [0.3, 0.4) is 0 Å². The van der Waals surface area contributed by atoms with Crippen molar-refractivity contribution in [2.24, 2.45) is 0 Å². The van der Waals surface area contributed by atoms with Gasteiger partial charge in [0.2, 0.25) is 0 Å². The molecule has 0 fully saturated rings. The minimum absolute atomic E-state index is 0.0601. The number of anilines is 2. The minimum atomic E-state index is -0.167. The predicted molar refractivity (Wildman–Crippen MR) is 82.4 cm³/mol. The van der Waals surface area contributed by atoms with Crippen molar-refractivity contribution in [2.45, 2.75) is 33.0 Å². The van der Waals surface area contributed by atoms with Crippen LogP contribution in [0.15, 0.2) is 12.4 Å². The van der Waals surface area contributed by atoms with Crippen molar-refractivity contribution in [3.63, 3.8) is 0 Å². The van der Waals surface area contributed by atoms with Gasteiger partial charge in [0.05, 0.1) is 6.54 Å². The molecule has 0 atom stereocenters. The summed E-state index contributed by atoms with van der Waals surface area (Å²) in [5, 5.41) is 3.70. The third-order valence-corrected chi connectivity index (χ3v) is 4.30. The maximum atomic E-state index is 12.3. The molecule has 21 heavy (non-hydrogen) atoms. The Morgan fingerprint density at radius 1 is 1.48 bits per heavy atom. The third-order valence-electron chi connectivity index (χ3n) is 3.38. The Balaban J connectivity index is 1.88. The van der Waals surface area contributed by atoms with E-state index >= 15 is 0 Å². The molecular formula is C13H18N6OS. The van der Waals surface area contributed by atoms with Gasteiger partial charge in [0.15, 0.2) is 5.82 Å². The number of nitrogens with two attached hydrogens (primary N) is 1. The number of nitrogens with zero attached hydrogens (tertiary/aromatic N) is 4. The maximum Gasteiger partial charge on any atom is 0.258 e. The summed E-state index contributed by atoms with van der Waals surface area (Å²) in [5.74, 6) is 1.12. The number of carbonyl (C=O) groups is 1. The Bertz CT molecular complexity index is 661. The van der Waals surface area contributed by atoms with Crippen LogP contribution in [-0.2, 0) is 13.1 Å². The summed E-state index contributed by atoms with van der Waals surface area (Å²) in [4.78, 5) is 18.8. The molecule has 0 saturated heterocycles. The largest absolute Gasteiger partial charge is 0.382 e. The van der Waals surface area contributed by atoms with Crippen LogP contribution in [0.4, 0.5) is 10.8 Å². The second kappa shape index (κ2) is 5.36. The Labute approximate surface area is 126 Å². The molecule has 1 aliphatic heterocycles. The summed E-state index contributed by atoms with van der Waals surface area (Å²) in [7, 11) is 0. The summed E-state index contributed by atoms with van der Waals surface area (Å²) >= 11 is 1.27. The lowest BCUT2D eigenvalue weighted by molar-refractivity contribution is 0.0944. The van der Waals surface area contributed by atoms with Crippen molar-refractivity contribution >= 4 is 28.3 Å². The van der Waals surface area contributed by atoms with Gasteiger partial charge in [0.25, 0.3) is 5.91 Å². The number of amides is 1. The van der Waals surface area contributed by atoms with Crippen molar-refractivity contribution in [1.82, 2.24) is 19.2 Å². The zero-order valence-electron chi connectivity index (χ0n) is 12.0. The topological polar surface area (TPSA) is 89.1 Å². The number of hydrogen-bond acceptors (Lipinski definition) is 6. The molecule has 1 aliphatic rings. The molecule has 2 aromatic heterocycles. The fourth-order valence-electron chi connectivity index (χ4n) is 2.40. The lowest BCUT2D eigenvalue weighted by atomic mass is 10.2. The van der Waals surface area contributed by atoms with Gasteiger partial charge in [-0.1, -0.05) is 0 Å². The third kappa shape index (κ3) is 2.58. The van der Waals surface area contributed by atoms with E-state index in [0.29, 0.717) is 17.9 Å². The zero-order chi connectivity index (χ0) is 15.0. The van der Waals surface area contributed by atoms with E-state index < -0.39 is 0 Å². The van der Waals surface area contributed by atoms with E-state index in [0.717, 1.165) is 23.9 Å². The Hall–Kier alpha value is -2.09. The fourth-order valence-corrected chi connectivity index (χ4v) is 3.24. The van der Waals surface area contributed by atoms with Gasteiger partial charge in [-0.3, -0.25) is 4.79 Å². The van der Waals surface area contributed by atoms with Crippen LogP contribution in [0.2, 0.25) is 0 Å². The number of nitrogen functional groups attached to an aromatic ring is 1. The minimum Gasteiger partial charge on any atom is -0.382 e.